The predicted octanol–water partition coefficient (Wildman–Crippen LogP) is 4.02. The molecule has 5 heteroatoms. The van der Waals surface area contributed by atoms with Crippen molar-refractivity contribution in [3.05, 3.63) is 35.9 Å². The Kier molecular flexibility index (Phi) is 7.09. The van der Waals surface area contributed by atoms with Crippen LogP contribution in [0.1, 0.15) is 50.5 Å². The summed E-state index contributed by atoms with van der Waals surface area (Å²) in [5.41, 5.74) is 1.24. The highest BCUT2D eigenvalue weighted by Gasteiger charge is 2.41. The zero-order chi connectivity index (χ0) is 19.9. The summed E-state index contributed by atoms with van der Waals surface area (Å²) in [5.74, 6) is 1.55. The van der Waals surface area contributed by atoms with Gasteiger partial charge in [0.15, 0.2) is 0 Å². The minimum absolute atomic E-state index is 0.0137. The molecule has 1 aromatic carbocycles. The second-order valence-electron chi connectivity index (χ2n) is 9.15. The van der Waals surface area contributed by atoms with E-state index in [0.29, 0.717) is 12.5 Å². The summed E-state index contributed by atoms with van der Waals surface area (Å²) in [7, 11) is 0. The lowest BCUT2D eigenvalue weighted by Gasteiger charge is -2.46. The van der Waals surface area contributed by atoms with Gasteiger partial charge in [-0.3, -0.25) is 0 Å². The smallest absolute Gasteiger partial charge is 0.317 e. The molecule has 2 amide bonds. The van der Waals surface area contributed by atoms with E-state index in [-0.39, 0.29) is 11.6 Å². The van der Waals surface area contributed by atoms with Gasteiger partial charge in [-0.25, -0.2) is 4.79 Å². The maximum Gasteiger partial charge on any atom is 0.317 e. The molecule has 4 rings (SSSR count). The second-order valence-corrected chi connectivity index (χ2v) is 9.15. The van der Waals surface area contributed by atoms with E-state index in [4.69, 9.17) is 9.47 Å². The van der Waals surface area contributed by atoms with Gasteiger partial charge in [-0.05, 0) is 68.8 Å². The molecule has 2 heterocycles. The third-order valence-corrected chi connectivity index (χ3v) is 6.81. The van der Waals surface area contributed by atoms with Gasteiger partial charge >= 0.3 is 6.03 Å². The Hall–Kier alpha value is -1.59. The van der Waals surface area contributed by atoms with Crippen LogP contribution in [0.4, 0.5) is 4.79 Å². The van der Waals surface area contributed by atoms with Gasteiger partial charge in [0.05, 0.1) is 5.60 Å². The molecule has 2 saturated heterocycles. The Balaban J connectivity index is 1.15. The zero-order valence-electron chi connectivity index (χ0n) is 17.6. The first-order chi connectivity index (χ1) is 14.2. The number of benzene rings is 1. The molecule has 1 atom stereocenters. The summed E-state index contributed by atoms with van der Waals surface area (Å²) < 4.78 is 12.1. The van der Waals surface area contributed by atoms with Crippen molar-refractivity contribution in [1.82, 2.24) is 10.2 Å². The highest BCUT2D eigenvalue weighted by atomic mass is 16.5. The number of rotatable bonds is 8. The molecule has 3 aliphatic rings. The van der Waals surface area contributed by atoms with E-state index in [1.807, 2.05) is 23.1 Å². The summed E-state index contributed by atoms with van der Waals surface area (Å²) in [4.78, 5) is 14.5. The van der Waals surface area contributed by atoms with Crippen LogP contribution in [0.2, 0.25) is 0 Å². The number of carbonyl (C=O) groups is 1. The number of amides is 2. The minimum Gasteiger partial charge on any atom is -0.381 e. The SMILES string of the molecule is O=C(NCCc1ccccc1)N1CCC2(CC1)CC(CCOCC1CC1)CCO2. The van der Waals surface area contributed by atoms with Gasteiger partial charge < -0.3 is 19.7 Å². The summed E-state index contributed by atoms with van der Waals surface area (Å²) in [6, 6.07) is 10.4. The number of likely N-dealkylation sites (tertiary alicyclic amines) is 1. The van der Waals surface area contributed by atoms with E-state index < -0.39 is 0 Å². The molecule has 0 radical (unpaired) electrons. The fourth-order valence-electron chi connectivity index (χ4n) is 4.70. The number of nitrogens with zero attached hydrogens (tertiary/aromatic N) is 1. The standard InChI is InChI=1S/C24H36N2O3/c27-23(25-13-8-20-4-2-1-3-5-20)26-14-11-24(12-15-26)18-21(10-17-29-24)9-16-28-19-22-6-7-22/h1-5,21-22H,6-19H2,(H,25,27). The van der Waals surface area contributed by atoms with Crippen molar-refractivity contribution in [3.63, 3.8) is 0 Å². The molecule has 5 nitrogen and oxygen atoms in total. The molecule has 1 aliphatic carbocycles. The van der Waals surface area contributed by atoms with Crippen molar-refractivity contribution in [2.45, 2.75) is 57.0 Å². The minimum atomic E-state index is -0.0137. The normalized spacial score (nSPS) is 23.9. The van der Waals surface area contributed by atoms with Gasteiger partial charge in [-0.2, -0.15) is 0 Å². The first kappa shape index (κ1) is 20.7. The van der Waals surface area contributed by atoms with Crippen molar-refractivity contribution >= 4 is 6.03 Å². The maximum absolute atomic E-state index is 12.5. The van der Waals surface area contributed by atoms with Gasteiger partial charge in [0.2, 0.25) is 0 Å². The highest BCUT2D eigenvalue weighted by molar-refractivity contribution is 5.74. The molecule has 3 fully saturated rings. The molecule has 29 heavy (non-hydrogen) atoms. The van der Waals surface area contributed by atoms with Crippen LogP contribution in [-0.4, -0.2) is 56.0 Å². The van der Waals surface area contributed by atoms with Crippen molar-refractivity contribution in [2.24, 2.45) is 11.8 Å². The van der Waals surface area contributed by atoms with Crippen LogP contribution in [0.25, 0.3) is 0 Å². The molecule has 0 aromatic heterocycles. The van der Waals surface area contributed by atoms with E-state index in [2.05, 4.69) is 17.4 Å². The average Bonchev–Trinajstić information content (AvgIpc) is 3.57. The van der Waals surface area contributed by atoms with E-state index >= 15 is 0 Å². The Labute approximate surface area is 175 Å². The summed E-state index contributed by atoms with van der Waals surface area (Å²) in [6.45, 7) is 4.99. The summed E-state index contributed by atoms with van der Waals surface area (Å²) in [5, 5.41) is 3.08. The van der Waals surface area contributed by atoms with Crippen LogP contribution in [0.5, 0.6) is 0 Å². The number of urea groups is 1. The van der Waals surface area contributed by atoms with E-state index in [9.17, 15) is 4.79 Å². The van der Waals surface area contributed by atoms with Crippen LogP contribution in [-0.2, 0) is 15.9 Å². The molecule has 160 valence electrons. The van der Waals surface area contributed by atoms with Crippen LogP contribution in [0.3, 0.4) is 0 Å². The topological polar surface area (TPSA) is 50.8 Å². The number of hydrogen-bond donors (Lipinski definition) is 1. The monoisotopic (exact) mass is 400 g/mol. The molecule has 2 aliphatic heterocycles. The first-order valence-electron chi connectivity index (χ1n) is 11.5. The number of ether oxygens (including phenoxy) is 2. The fraction of sp³-hybridized carbons (Fsp3) is 0.708. The second kappa shape index (κ2) is 9.94. The van der Waals surface area contributed by atoms with Crippen LogP contribution in [0.15, 0.2) is 30.3 Å². The number of piperidine rings is 1. The molecule has 1 unspecified atom stereocenters. The molecular weight excluding hydrogens is 364 g/mol. The van der Waals surface area contributed by atoms with Crippen molar-refractivity contribution in [2.75, 3.05) is 39.5 Å². The third-order valence-electron chi connectivity index (χ3n) is 6.81. The van der Waals surface area contributed by atoms with Gasteiger partial charge in [-0.1, -0.05) is 30.3 Å². The number of nitrogens with one attached hydrogen (secondary N) is 1. The van der Waals surface area contributed by atoms with Crippen molar-refractivity contribution < 1.29 is 14.3 Å². The zero-order valence-corrected chi connectivity index (χ0v) is 17.6. The molecule has 1 spiro atoms. The van der Waals surface area contributed by atoms with Crippen LogP contribution < -0.4 is 5.32 Å². The third kappa shape index (κ3) is 6.19. The molecule has 1 saturated carbocycles. The Morgan fingerprint density at radius 3 is 2.69 bits per heavy atom. The average molecular weight is 401 g/mol. The summed E-state index contributed by atoms with van der Waals surface area (Å²) in [6.07, 6.45) is 8.94. The fourth-order valence-corrected chi connectivity index (χ4v) is 4.70. The number of carbonyl (C=O) groups excluding carboxylic acids is 1. The van der Waals surface area contributed by atoms with Gasteiger partial charge in [0.1, 0.15) is 0 Å². The van der Waals surface area contributed by atoms with Gasteiger partial charge in [0, 0.05) is 39.5 Å². The van der Waals surface area contributed by atoms with E-state index in [0.717, 1.165) is 77.4 Å². The molecular formula is C24H36N2O3. The lowest BCUT2D eigenvalue weighted by atomic mass is 9.78. The van der Waals surface area contributed by atoms with Gasteiger partial charge in [0.25, 0.3) is 0 Å². The van der Waals surface area contributed by atoms with Gasteiger partial charge in [-0.15, -0.1) is 0 Å². The van der Waals surface area contributed by atoms with E-state index in [1.165, 1.54) is 18.4 Å². The summed E-state index contributed by atoms with van der Waals surface area (Å²) >= 11 is 0. The Morgan fingerprint density at radius 2 is 1.93 bits per heavy atom. The van der Waals surface area contributed by atoms with Crippen molar-refractivity contribution in [3.8, 4) is 0 Å². The lowest BCUT2D eigenvalue weighted by molar-refractivity contribution is -0.125. The first-order valence-corrected chi connectivity index (χ1v) is 11.5. The molecule has 1 aromatic rings. The Morgan fingerprint density at radius 1 is 1.14 bits per heavy atom. The van der Waals surface area contributed by atoms with Crippen molar-refractivity contribution in [1.29, 1.82) is 0 Å². The van der Waals surface area contributed by atoms with Crippen LogP contribution >= 0.6 is 0 Å². The predicted molar refractivity (Wildman–Crippen MR) is 114 cm³/mol. The van der Waals surface area contributed by atoms with E-state index in [1.54, 1.807) is 0 Å². The molecule has 0 bridgehead atoms. The quantitative estimate of drug-likeness (QED) is 0.671. The molecule has 1 N–H and O–H groups in total. The van der Waals surface area contributed by atoms with Crippen LogP contribution in [0, 0.1) is 11.8 Å². The number of hydrogen-bond acceptors (Lipinski definition) is 3. The Bertz CT molecular complexity index is 639. The maximum atomic E-state index is 12.5. The lowest BCUT2D eigenvalue weighted by Crippen LogP contribution is -2.53. The highest BCUT2D eigenvalue weighted by Crippen LogP contribution is 2.39. The largest absolute Gasteiger partial charge is 0.381 e.